The summed E-state index contributed by atoms with van der Waals surface area (Å²) in [5, 5.41) is 0. The van der Waals surface area contributed by atoms with E-state index in [0.29, 0.717) is 0 Å². The zero-order valence-corrected chi connectivity index (χ0v) is 8.01. The fraction of sp³-hybridized carbons (Fsp3) is 1.00. The van der Waals surface area contributed by atoms with Gasteiger partial charge in [-0.15, -0.1) is 22.2 Å². The number of hydrogen-bond donors (Lipinski definition) is 0. The van der Waals surface area contributed by atoms with Crippen LogP contribution in [0.15, 0.2) is 0 Å². The standard InChI is InChI=1S/C6H12Cl2Si/c7-9(8)5-3-1-2-4-6-9/h1-6H2. The SMILES string of the molecule is Cl[Si]1(Cl)CCCCCC1. The Balaban J connectivity index is 2.36. The summed E-state index contributed by atoms with van der Waals surface area (Å²) in [6.07, 6.45) is 5.21. The van der Waals surface area contributed by atoms with Crippen molar-refractivity contribution in [2.45, 2.75) is 37.8 Å². The van der Waals surface area contributed by atoms with E-state index in [1.54, 1.807) is 0 Å². The van der Waals surface area contributed by atoms with Gasteiger partial charge in [0.1, 0.15) is 0 Å². The molecule has 1 aliphatic heterocycles. The third kappa shape index (κ3) is 2.92. The molecule has 0 aromatic carbocycles. The van der Waals surface area contributed by atoms with Crippen LogP contribution in [0.3, 0.4) is 0 Å². The van der Waals surface area contributed by atoms with Gasteiger partial charge in [-0.05, 0) is 12.1 Å². The van der Waals surface area contributed by atoms with Gasteiger partial charge < -0.3 is 0 Å². The van der Waals surface area contributed by atoms with Gasteiger partial charge in [-0.25, -0.2) is 0 Å². The number of hydrogen-bond acceptors (Lipinski definition) is 0. The van der Waals surface area contributed by atoms with E-state index in [0.717, 1.165) is 12.1 Å². The van der Waals surface area contributed by atoms with Crippen LogP contribution in [-0.2, 0) is 0 Å². The minimum absolute atomic E-state index is 1.12. The molecule has 9 heavy (non-hydrogen) atoms. The van der Waals surface area contributed by atoms with E-state index < -0.39 is 6.69 Å². The fourth-order valence-corrected chi connectivity index (χ4v) is 4.63. The van der Waals surface area contributed by atoms with Crippen molar-refractivity contribution in [1.29, 1.82) is 0 Å². The molecule has 0 aliphatic carbocycles. The molecule has 0 unspecified atom stereocenters. The van der Waals surface area contributed by atoms with Crippen LogP contribution in [0.1, 0.15) is 25.7 Å². The Morgan fingerprint density at radius 1 is 0.778 bits per heavy atom. The average molecular weight is 183 g/mol. The first-order valence-electron chi connectivity index (χ1n) is 3.59. The van der Waals surface area contributed by atoms with Gasteiger partial charge in [-0.2, -0.15) is 0 Å². The van der Waals surface area contributed by atoms with Crippen molar-refractivity contribution in [3.05, 3.63) is 0 Å². The van der Waals surface area contributed by atoms with Crippen molar-refractivity contribution in [2.75, 3.05) is 0 Å². The second-order valence-corrected chi connectivity index (χ2v) is 10.4. The van der Waals surface area contributed by atoms with E-state index in [9.17, 15) is 0 Å². The quantitative estimate of drug-likeness (QED) is 0.398. The van der Waals surface area contributed by atoms with Crippen molar-refractivity contribution in [3.63, 3.8) is 0 Å². The minimum Gasteiger partial charge on any atom is -0.146 e. The van der Waals surface area contributed by atoms with Crippen molar-refractivity contribution < 1.29 is 0 Å². The summed E-state index contributed by atoms with van der Waals surface area (Å²) in [6, 6.07) is 2.24. The van der Waals surface area contributed by atoms with E-state index in [1.807, 2.05) is 0 Å². The molecule has 0 spiro atoms. The highest BCUT2D eigenvalue weighted by molar-refractivity contribution is 7.45. The molecule has 0 aromatic rings. The molecule has 0 radical (unpaired) electrons. The summed E-state index contributed by atoms with van der Waals surface area (Å²) in [5.74, 6) is 0. The Morgan fingerprint density at radius 3 is 1.67 bits per heavy atom. The largest absolute Gasteiger partial charge is 0.251 e. The lowest BCUT2D eigenvalue weighted by atomic mass is 10.2. The third-order valence-electron chi connectivity index (χ3n) is 1.84. The van der Waals surface area contributed by atoms with E-state index in [1.165, 1.54) is 25.7 Å². The van der Waals surface area contributed by atoms with Gasteiger partial charge in [-0.3, -0.25) is 0 Å². The van der Waals surface area contributed by atoms with Crippen LogP contribution in [0.4, 0.5) is 0 Å². The Hall–Kier alpha value is 0.797. The molecule has 1 saturated heterocycles. The summed E-state index contributed by atoms with van der Waals surface area (Å²) in [6.45, 7) is -1.70. The Kier molecular flexibility index (Phi) is 2.87. The van der Waals surface area contributed by atoms with E-state index >= 15 is 0 Å². The first kappa shape index (κ1) is 7.90. The minimum atomic E-state index is -1.70. The zero-order valence-electron chi connectivity index (χ0n) is 5.50. The van der Waals surface area contributed by atoms with Gasteiger partial charge in [0.25, 0.3) is 6.69 Å². The van der Waals surface area contributed by atoms with Gasteiger partial charge >= 0.3 is 0 Å². The second kappa shape index (κ2) is 3.27. The van der Waals surface area contributed by atoms with Crippen molar-refractivity contribution in [1.82, 2.24) is 0 Å². The lowest BCUT2D eigenvalue weighted by molar-refractivity contribution is 0.720. The number of halogens is 2. The first-order valence-corrected chi connectivity index (χ1v) is 8.02. The Morgan fingerprint density at radius 2 is 1.22 bits per heavy atom. The average Bonchev–Trinajstić information content (AvgIpc) is 1.92. The van der Waals surface area contributed by atoms with Gasteiger partial charge in [0.2, 0.25) is 0 Å². The number of rotatable bonds is 0. The molecule has 0 bridgehead atoms. The second-order valence-electron chi connectivity index (χ2n) is 2.77. The van der Waals surface area contributed by atoms with Crippen LogP contribution in [0.2, 0.25) is 12.1 Å². The molecule has 1 aliphatic rings. The molecular weight excluding hydrogens is 171 g/mol. The van der Waals surface area contributed by atoms with Crippen molar-refractivity contribution in [3.8, 4) is 0 Å². The van der Waals surface area contributed by atoms with E-state index in [4.69, 9.17) is 22.2 Å². The summed E-state index contributed by atoms with van der Waals surface area (Å²) in [4.78, 5) is 0. The summed E-state index contributed by atoms with van der Waals surface area (Å²) >= 11 is 12.2. The fourth-order valence-electron chi connectivity index (χ4n) is 1.25. The van der Waals surface area contributed by atoms with Gasteiger partial charge in [0.05, 0.1) is 0 Å². The van der Waals surface area contributed by atoms with Crippen molar-refractivity contribution >= 4 is 28.9 Å². The van der Waals surface area contributed by atoms with Crippen LogP contribution in [0.25, 0.3) is 0 Å². The molecule has 0 N–H and O–H groups in total. The molecule has 54 valence electrons. The predicted molar refractivity (Wildman–Crippen MR) is 45.5 cm³/mol. The monoisotopic (exact) mass is 182 g/mol. The van der Waals surface area contributed by atoms with Crippen LogP contribution in [0.5, 0.6) is 0 Å². The van der Waals surface area contributed by atoms with Crippen LogP contribution in [0, 0.1) is 0 Å². The van der Waals surface area contributed by atoms with E-state index in [-0.39, 0.29) is 0 Å². The molecule has 0 nitrogen and oxygen atoms in total. The molecule has 0 atom stereocenters. The molecule has 1 heterocycles. The normalized spacial score (nSPS) is 27.3. The smallest absolute Gasteiger partial charge is 0.146 e. The Labute approximate surface area is 67.0 Å². The molecular formula is C6H12Cl2Si. The van der Waals surface area contributed by atoms with Crippen LogP contribution in [-0.4, -0.2) is 6.69 Å². The summed E-state index contributed by atoms with van der Waals surface area (Å²) < 4.78 is 0. The maximum atomic E-state index is 6.08. The molecule has 0 saturated carbocycles. The molecule has 0 aromatic heterocycles. The van der Waals surface area contributed by atoms with Gasteiger partial charge in [0.15, 0.2) is 0 Å². The Bertz CT molecular complexity index is 83.1. The zero-order chi connectivity index (χ0) is 6.74. The van der Waals surface area contributed by atoms with Gasteiger partial charge in [-0.1, -0.05) is 25.7 Å². The maximum Gasteiger partial charge on any atom is 0.251 e. The molecule has 1 rings (SSSR count). The summed E-state index contributed by atoms with van der Waals surface area (Å²) in [5.41, 5.74) is 0. The lowest BCUT2D eigenvalue weighted by Crippen LogP contribution is -2.15. The first-order chi connectivity index (χ1) is 4.21. The van der Waals surface area contributed by atoms with Gasteiger partial charge in [0, 0.05) is 0 Å². The topological polar surface area (TPSA) is 0 Å². The molecule has 0 amide bonds. The molecule has 1 fully saturated rings. The highest BCUT2D eigenvalue weighted by Crippen LogP contribution is 2.33. The molecule has 3 heteroatoms. The summed E-state index contributed by atoms with van der Waals surface area (Å²) in [7, 11) is 0. The maximum absolute atomic E-state index is 6.08. The van der Waals surface area contributed by atoms with Crippen LogP contribution >= 0.6 is 22.2 Å². The lowest BCUT2D eigenvalue weighted by Gasteiger charge is -2.10. The third-order valence-corrected chi connectivity index (χ3v) is 6.27. The van der Waals surface area contributed by atoms with Crippen LogP contribution < -0.4 is 0 Å². The van der Waals surface area contributed by atoms with E-state index in [2.05, 4.69) is 0 Å². The highest BCUT2D eigenvalue weighted by atomic mass is 35.7. The predicted octanol–water partition coefficient (Wildman–Crippen LogP) is 3.48. The highest BCUT2D eigenvalue weighted by Gasteiger charge is 2.28. The van der Waals surface area contributed by atoms with Crippen molar-refractivity contribution in [2.24, 2.45) is 0 Å².